The molecular formula is C37H66O15. The SMILES string of the molecule is [2H]C(CCCCCC)C(=O)O[C@@H]1C(OC(O)[C@H](O)[C@H](O)[C@H](O)CO)O[C@H](COC(=O)CCCCC)[C@@H](OC(=O)CCCCC)[C@@H]1OC(=O)CCCCC. The zero-order valence-corrected chi connectivity index (χ0v) is 31.5. The Morgan fingerprint density at radius 2 is 1.10 bits per heavy atom. The molecule has 1 saturated heterocycles. The average Bonchev–Trinajstić information content (AvgIpc) is 3.13. The highest BCUT2D eigenvalue weighted by atomic mass is 16.8. The van der Waals surface area contributed by atoms with Gasteiger partial charge in [-0.05, 0) is 25.7 Å². The quantitative estimate of drug-likeness (QED) is 0.0319. The summed E-state index contributed by atoms with van der Waals surface area (Å²) in [6.45, 7) is 6.36. The number of aliphatic hydroxyl groups is 5. The molecule has 1 aliphatic rings. The van der Waals surface area contributed by atoms with Crippen LogP contribution in [0, 0.1) is 0 Å². The van der Waals surface area contributed by atoms with Gasteiger partial charge in [0.1, 0.15) is 31.0 Å². The first-order valence-corrected chi connectivity index (χ1v) is 19.2. The number of rotatable bonds is 29. The minimum Gasteiger partial charge on any atom is -0.463 e. The molecule has 0 radical (unpaired) electrons. The van der Waals surface area contributed by atoms with Crippen molar-refractivity contribution >= 4 is 23.9 Å². The molecule has 1 heterocycles. The van der Waals surface area contributed by atoms with E-state index >= 15 is 0 Å². The van der Waals surface area contributed by atoms with E-state index in [0.717, 1.165) is 51.4 Å². The molecule has 1 fully saturated rings. The summed E-state index contributed by atoms with van der Waals surface area (Å²) >= 11 is 0. The first-order chi connectivity index (χ1) is 25.3. The number of carbonyl (C=O) groups excluding carboxylic acids is 4. The van der Waals surface area contributed by atoms with E-state index in [-0.39, 0.29) is 25.7 Å². The lowest BCUT2D eigenvalue weighted by molar-refractivity contribution is -0.349. The third-order valence-electron chi connectivity index (χ3n) is 8.61. The number of unbranched alkanes of at least 4 members (excludes halogenated alkanes) is 9. The van der Waals surface area contributed by atoms with Crippen molar-refractivity contribution in [2.75, 3.05) is 13.2 Å². The van der Waals surface area contributed by atoms with Gasteiger partial charge in [-0.25, -0.2) is 0 Å². The first-order valence-electron chi connectivity index (χ1n) is 19.7. The summed E-state index contributed by atoms with van der Waals surface area (Å²) in [6.07, 6.45) is -8.88. The first kappa shape index (κ1) is 45.8. The van der Waals surface area contributed by atoms with Gasteiger partial charge in [0.25, 0.3) is 0 Å². The highest BCUT2D eigenvalue weighted by Gasteiger charge is 2.54. The van der Waals surface area contributed by atoms with Crippen molar-refractivity contribution in [2.24, 2.45) is 0 Å². The Labute approximate surface area is 310 Å². The van der Waals surface area contributed by atoms with Crippen LogP contribution in [0.25, 0.3) is 0 Å². The van der Waals surface area contributed by atoms with E-state index in [0.29, 0.717) is 32.1 Å². The zero-order chi connectivity index (χ0) is 39.8. The predicted octanol–water partition coefficient (Wildman–Crippen LogP) is 3.50. The summed E-state index contributed by atoms with van der Waals surface area (Å²) in [5, 5.41) is 50.7. The molecule has 0 bridgehead atoms. The van der Waals surface area contributed by atoms with Gasteiger partial charge in [-0.15, -0.1) is 0 Å². The van der Waals surface area contributed by atoms with E-state index < -0.39 is 98.8 Å². The zero-order valence-electron chi connectivity index (χ0n) is 32.5. The van der Waals surface area contributed by atoms with Crippen molar-refractivity contribution in [2.45, 2.75) is 199 Å². The van der Waals surface area contributed by atoms with E-state index in [2.05, 4.69) is 0 Å². The molecule has 0 aromatic rings. The maximum Gasteiger partial charge on any atom is 0.306 e. The molecule has 0 aromatic carbocycles. The standard InChI is InChI=1S/C37H66O15/c1-5-9-13-14-18-22-30(43)51-35-34(50-29(42)21-17-12-8-4)33(49-28(41)20-16-11-7-3)26(24-47-27(40)19-15-10-6-2)48-37(35)52-36(46)32(45)31(44)25(39)23-38/h25-26,31-39,44-46H,5-24H2,1-4H3/t25-,26-,31-,32-,33-,34+,35+,36?,37?/m1/s1/i22D/t22?,25-,26-,31-,32-,33-,34+,35+,36?,37?. The van der Waals surface area contributed by atoms with Crippen molar-refractivity contribution in [1.82, 2.24) is 0 Å². The van der Waals surface area contributed by atoms with Crippen molar-refractivity contribution < 1.29 is 74.5 Å². The second-order valence-electron chi connectivity index (χ2n) is 13.2. The molecule has 5 N–H and O–H groups in total. The van der Waals surface area contributed by atoms with Crippen LogP contribution in [0.5, 0.6) is 0 Å². The molecule has 1 aliphatic heterocycles. The van der Waals surface area contributed by atoms with Gasteiger partial charge in [0.15, 0.2) is 24.6 Å². The predicted molar refractivity (Wildman–Crippen MR) is 187 cm³/mol. The molecular weight excluding hydrogens is 684 g/mol. The molecule has 304 valence electrons. The van der Waals surface area contributed by atoms with Gasteiger partial charge >= 0.3 is 23.9 Å². The lowest BCUT2D eigenvalue weighted by Crippen LogP contribution is -2.64. The largest absolute Gasteiger partial charge is 0.463 e. The van der Waals surface area contributed by atoms with Gasteiger partial charge in [0.05, 0.1) is 6.61 Å². The van der Waals surface area contributed by atoms with E-state index in [9.17, 15) is 44.7 Å². The topological polar surface area (TPSA) is 225 Å². The molecule has 52 heavy (non-hydrogen) atoms. The minimum atomic E-state index is -2.36. The van der Waals surface area contributed by atoms with Gasteiger partial charge in [0, 0.05) is 27.0 Å². The van der Waals surface area contributed by atoms with Crippen LogP contribution in [0.1, 0.15) is 145 Å². The number of aliphatic hydroxyl groups excluding tert-OH is 5. The summed E-state index contributed by atoms with van der Waals surface area (Å²) in [5.41, 5.74) is 0. The highest BCUT2D eigenvalue weighted by Crippen LogP contribution is 2.32. The van der Waals surface area contributed by atoms with Crippen LogP contribution in [0.2, 0.25) is 0 Å². The molecule has 0 saturated carbocycles. The molecule has 15 heteroatoms. The smallest absolute Gasteiger partial charge is 0.306 e. The Kier molecular flexibility index (Phi) is 24.7. The van der Waals surface area contributed by atoms with Crippen LogP contribution in [-0.4, -0.2) is 118 Å². The number of hydrogen-bond acceptors (Lipinski definition) is 15. The number of hydrogen-bond donors (Lipinski definition) is 5. The fraction of sp³-hybridized carbons (Fsp3) is 0.892. The molecule has 0 amide bonds. The van der Waals surface area contributed by atoms with Crippen LogP contribution in [0.4, 0.5) is 0 Å². The lowest BCUT2D eigenvalue weighted by Gasteiger charge is -2.45. The monoisotopic (exact) mass is 751 g/mol. The average molecular weight is 752 g/mol. The van der Waals surface area contributed by atoms with Gasteiger partial charge in [-0.1, -0.05) is 91.9 Å². The Balaban J connectivity index is 3.67. The van der Waals surface area contributed by atoms with Crippen LogP contribution in [-0.2, 0) is 47.6 Å². The maximum atomic E-state index is 13.4. The second-order valence-corrected chi connectivity index (χ2v) is 13.2. The van der Waals surface area contributed by atoms with E-state index in [1.807, 2.05) is 27.7 Å². The number of esters is 4. The Morgan fingerprint density at radius 3 is 1.63 bits per heavy atom. The van der Waals surface area contributed by atoms with Crippen molar-refractivity contribution in [1.29, 1.82) is 0 Å². The summed E-state index contributed by atoms with van der Waals surface area (Å²) in [5.74, 6) is -3.11. The molecule has 1 rings (SSSR count). The third-order valence-corrected chi connectivity index (χ3v) is 8.61. The van der Waals surface area contributed by atoms with Crippen LogP contribution in [0.3, 0.4) is 0 Å². The van der Waals surface area contributed by atoms with Crippen molar-refractivity contribution in [3.63, 3.8) is 0 Å². The summed E-state index contributed by atoms with van der Waals surface area (Å²) in [4.78, 5) is 52.5. The van der Waals surface area contributed by atoms with E-state index in [1.54, 1.807) is 0 Å². The van der Waals surface area contributed by atoms with Gasteiger partial charge in [-0.2, -0.15) is 0 Å². The Hall–Kier alpha value is -2.40. The minimum absolute atomic E-state index is 0.0159. The summed E-state index contributed by atoms with van der Waals surface area (Å²) < 4.78 is 42.9. The molecule has 0 aromatic heterocycles. The van der Waals surface area contributed by atoms with E-state index in [4.69, 9.17) is 29.8 Å². The summed E-state index contributed by atoms with van der Waals surface area (Å²) in [6, 6.07) is 0. The van der Waals surface area contributed by atoms with Crippen LogP contribution in [0.15, 0.2) is 0 Å². The fourth-order valence-corrected chi connectivity index (χ4v) is 5.45. The lowest BCUT2D eigenvalue weighted by atomic mass is 9.97. The third kappa shape index (κ3) is 18.6. The molecule has 15 nitrogen and oxygen atoms in total. The van der Waals surface area contributed by atoms with Gasteiger partial charge in [-0.3, -0.25) is 19.2 Å². The number of ether oxygens (including phenoxy) is 6. The molecule has 0 aliphatic carbocycles. The van der Waals surface area contributed by atoms with Crippen LogP contribution >= 0.6 is 0 Å². The van der Waals surface area contributed by atoms with Crippen LogP contribution < -0.4 is 0 Å². The maximum absolute atomic E-state index is 13.4. The Morgan fingerprint density at radius 1 is 0.615 bits per heavy atom. The van der Waals surface area contributed by atoms with Crippen molar-refractivity contribution in [3.8, 4) is 0 Å². The molecule has 10 atom stereocenters. The molecule has 0 spiro atoms. The second kappa shape index (κ2) is 28.1. The fourth-order valence-electron chi connectivity index (χ4n) is 5.45. The van der Waals surface area contributed by atoms with Gasteiger partial charge < -0.3 is 54.0 Å². The normalized spacial score (nSPS) is 23.4. The van der Waals surface area contributed by atoms with E-state index in [1.165, 1.54) is 0 Å². The molecule has 3 unspecified atom stereocenters. The Bertz CT molecular complexity index is 1030. The van der Waals surface area contributed by atoms with Crippen molar-refractivity contribution in [3.05, 3.63) is 0 Å². The highest BCUT2D eigenvalue weighted by molar-refractivity contribution is 5.72. The number of carbonyl (C=O) groups is 4. The summed E-state index contributed by atoms with van der Waals surface area (Å²) in [7, 11) is 0. The van der Waals surface area contributed by atoms with Gasteiger partial charge in [0.2, 0.25) is 6.29 Å².